The van der Waals surface area contributed by atoms with Crippen LogP contribution in [0.3, 0.4) is 0 Å². The third kappa shape index (κ3) is 1.72. The minimum atomic E-state index is -2.83. The van der Waals surface area contributed by atoms with Gasteiger partial charge in [0.2, 0.25) is 0 Å². The molecule has 0 saturated heterocycles. The zero-order valence-electron chi connectivity index (χ0n) is 9.59. The number of hydrogen-bond donors (Lipinski definition) is 0. The van der Waals surface area contributed by atoms with Gasteiger partial charge in [0.25, 0.3) is 0 Å². The van der Waals surface area contributed by atoms with Crippen LogP contribution in [0, 0.1) is 6.07 Å². The topological polar surface area (TPSA) is 22.1 Å². The number of ether oxygens (including phenoxy) is 1. The summed E-state index contributed by atoms with van der Waals surface area (Å²) in [5.41, 5.74) is 0. The molecule has 0 fully saturated rings. The number of rotatable bonds is 2. The summed E-state index contributed by atoms with van der Waals surface area (Å²) in [5.74, 6) is 0.0358. The molecule has 1 aromatic rings. The third-order valence-electron chi connectivity index (χ3n) is 0.745. The van der Waals surface area contributed by atoms with Crippen LogP contribution in [0.25, 0.3) is 0 Å². The van der Waals surface area contributed by atoms with Gasteiger partial charge in [0.05, 0.1) is 15.5 Å². The molecule has 0 atom stereocenters. The first-order chi connectivity index (χ1) is 6.33. The van der Waals surface area contributed by atoms with Gasteiger partial charge in [-0.2, -0.15) is 0 Å². The average molecular weight is 127 g/mol. The monoisotopic (exact) mass is 127 g/mol. The number of hydrogen-bond acceptors (Lipinski definition) is 2. The molecule has 0 N–H and O–H groups in total. The molecule has 0 aliphatic rings. The summed E-state index contributed by atoms with van der Waals surface area (Å²) in [6, 6.07) is 3.86. The molecule has 0 aliphatic heterocycles. The second-order valence-electron chi connectivity index (χ2n) is 1.32. The summed E-state index contributed by atoms with van der Waals surface area (Å²) >= 11 is 0. The molecule has 1 heterocycles. The third-order valence-corrected chi connectivity index (χ3v) is 0.745. The molecule has 2 nitrogen and oxygen atoms in total. The molecule has 1 rings (SSSR count). The SMILES string of the molecule is [2H]C([2H])([2H])C([2H])([2H])Oc1c[c]cnc1. The van der Waals surface area contributed by atoms with E-state index >= 15 is 0 Å². The Kier molecular flexibility index (Phi) is 0.781. The van der Waals surface area contributed by atoms with E-state index in [-0.39, 0.29) is 5.75 Å². The maximum Gasteiger partial charge on any atom is 0.138 e. The molecule has 47 valence electrons. The van der Waals surface area contributed by atoms with Crippen molar-refractivity contribution in [2.75, 3.05) is 6.56 Å². The predicted octanol–water partition coefficient (Wildman–Crippen LogP) is 1.28. The Balaban J connectivity index is 2.79. The molecule has 0 amide bonds. The number of nitrogens with zero attached hydrogens (tertiary/aromatic N) is 1. The highest BCUT2D eigenvalue weighted by atomic mass is 16.5. The van der Waals surface area contributed by atoms with Crippen LogP contribution in [0.1, 0.15) is 13.7 Å². The summed E-state index contributed by atoms with van der Waals surface area (Å²) in [7, 11) is 0. The Hall–Kier alpha value is -1.05. The summed E-state index contributed by atoms with van der Waals surface area (Å²) in [6.07, 6.45) is 2.58. The largest absolute Gasteiger partial charge is 0.492 e. The van der Waals surface area contributed by atoms with Crippen LogP contribution in [0.5, 0.6) is 5.75 Å². The maximum absolute atomic E-state index is 7.16. The van der Waals surface area contributed by atoms with Crippen molar-refractivity contribution in [3.8, 4) is 5.75 Å². The van der Waals surface area contributed by atoms with E-state index in [4.69, 9.17) is 6.85 Å². The smallest absolute Gasteiger partial charge is 0.138 e. The molecule has 0 aliphatic carbocycles. The van der Waals surface area contributed by atoms with Crippen molar-refractivity contribution in [2.45, 2.75) is 6.85 Å². The average Bonchev–Trinajstić information content (AvgIpc) is 2.03. The van der Waals surface area contributed by atoms with Gasteiger partial charge in [0.15, 0.2) is 0 Å². The van der Waals surface area contributed by atoms with Gasteiger partial charge in [-0.1, -0.05) is 0 Å². The fourth-order valence-electron chi connectivity index (χ4n) is 0.425. The lowest BCUT2D eigenvalue weighted by molar-refractivity contribution is 0.339. The Morgan fingerprint density at radius 1 is 2.11 bits per heavy atom. The van der Waals surface area contributed by atoms with Gasteiger partial charge in [0.1, 0.15) is 5.75 Å². The van der Waals surface area contributed by atoms with Crippen molar-refractivity contribution in [3.05, 3.63) is 24.5 Å². The molecule has 9 heavy (non-hydrogen) atoms. The van der Waals surface area contributed by atoms with Crippen LogP contribution in [0.2, 0.25) is 0 Å². The van der Waals surface area contributed by atoms with Gasteiger partial charge >= 0.3 is 0 Å². The molecule has 1 radical (unpaired) electrons. The summed E-state index contributed by atoms with van der Waals surface area (Å²) < 4.78 is 39.6. The fraction of sp³-hybridized carbons (Fsp3) is 0.286. The second kappa shape index (κ2) is 3.07. The molecule has 2 heteroatoms. The van der Waals surface area contributed by atoms with Crippen LogP contribution < -0.4 is 4.74 Å². The zero-order chi connectivity index (χ0) is 10.8. The molecular formula is C7H8NO. The first kappa shape index (κ1) is 2.29. The second-order valence-corrected chi connectivity index (χ2v) is 1.32. The molecule has 0 spiro atoms. The minimum absolute atomic E-state index is 0.0358. The quantitative estimate of drug-likeness (QED) is 0.597. The van der Waals surface area contributed by atoms with Gasteiger partial charge < -0.3 is 4.74 Å². The van der Waals surface area contributed by atoms with Crippen molar-refractivity contribution >= 4 is 0 Å². The molecule has 0 saturated carbocycles. The highest BCUT2D eigenvalue weighted by Gasteiger charge is 1.85. The van der Waals surface area contributed by atoms with Crippen LogP contribution in [0.15, 0.2) is 18.5 Å². The zero-order valence-corrected chi connectivity index (χ0v) is 4.59. The predicted molar refractivity (Wildman–Crippen MR) is 34.2 cm³/mol. The molecule has 0 unspecified atom stereocenters. The van der Waals surface area contributed by atoms with Gasteiger partial charge in [-0.05, 0) is 12.9 Å². The molecule has 1 aromatic heterocycles. The normalized spacial score (nSPS) is 20.2. The van der Waals surface area contributed by atoms with Gasteiger partial charge in [-0.3, -0.25) is 4.98 Å². The Labute approximate surface area is 61.5 Å². The first-order valence-electron chi connectivity index (χ1n) is 4.83. The van der Waals surface area contributed by atoms with Crippen LogP contribution in [-0.4, -0.2) is 11.5 Å². The van der Waals surface area contributed by atoms with Crippen molar-refractivity contribution in [1.82, 2.24) is 4.98 Å². The minimum Gasteiger partial charge on any atom is -0.492 e. The van der Waals surface area contributed by atoms with E-state index < -0.39 is 13.4 Å². The van der Waals surface area contributed by atoms with E-state index in [9.17, 15) is 0 Å². The Bertz CT molecular complexity index is 297. The standard InChI is InChI=1S/C7H8NO/c1-2-9-7-4-3-5-8-6-7/h4-6H,2H2,1H3/i1D3,2D2. The Morgan fingerprint density at radius 2 is 3.11 bits per heavy atom. The highest BCUT2D eigenvalue weighted by Crippen LogP contribution is 2.04. The first-order valence-corrected chi connectivity index (χ1v) is 2.33. The maximum atomic E-state index is 7.16. The van der Waals surface area contributed by atoms with E-state index in [1.165, 1.54) is 18.5 Å². The van der Waals surface area contributed by atoms with E-state index in [0.29, 0.717) is 0 Å². The highest BCUT2D eigenvalue weighted by molar-refractivity contribution is 5.14. The number of aromatic nitrogens is 1. The van der Waals surface area contributed by atoms with Gasteiger partial charge in [-0.25, -0.2) is 0 Å². The number of pyridine rings is 1. The van der Waals surface area contributed by atoms with Crippen LogP contribution in [-0.2, 0) is 0 Å². The summed E-state index contributed by atoms with van der Waals surface area (Å²) in [5, 5.41) is 0. The van der Waals surface area contributed by atoms with Crippen LogP contribution in [0.4, 0.5) is 0 Å². The van der Waals surface area contributed by atoms with E-state index in [1.807, 2.05) is 0 Å². The van der Waals surface area contributed by atoms with E-state index in [0.717, 1.165) is 0 Å². The van der Waals surface area contributed by atoms with Gasteiger partial charge in [0, 0.05) is 16.4 Å². The fourth-order valence-corrected chi connectivity index (χ4v) is 0.425. The van der Waals surface area contributed by atoms with Crippen LogP contribution >= 0.6 is 0 Å². The lowest BCUT2D eigenvalue weighted by Crippen LogP contribution is -1.90. The Morgan fingerprint density at radius 3 is 3.78 bits per heavy atom. The lowest BCUT2D eigenvalue weighted by atomic mass is 10.5. The summed E-state index contributed by atoms with van der Waals surface area (Å²) in [6.45, 7) is -5.55. The van der Waals surface area contributed by atoms with E-state index in [1.54, 1.807) is 0 Å². The summed E-state index contributed by atoms with van der Waals surface area (Å²) in [4.78, 5) is 3.62. The molecular weight excluding hydrogens is 114 g/mol. The van der Waals surface area contributed by atoms with Crippen molar-refractivity contribution < 1.29 is 11.6 Å². The lowest BCUT2D eigenvalue weighted by Gasteiger charge is -1.98. The van der Waals surface area contributed by atoms with Crippen molar-refractivity contribution in [3.63, 3.8) is 0 Å². The van der Waals surface area contributed by atoms with Crippen molar-refractivity contribution in [1.29, 1.82) is 0 Å². The van der Waals surface area contributed by atoms with E-state index in [2.05, 4.69) is 15.8 Å². The molecule has 0 bridgehead atoms. The van der Waals surface area contributed by atoms with Crippen molar-refractivity contribution in [2.24, 2.45) is 0 Å². The molecule has 0 aromatic carbocycles. The van der Waals surface area contributed by atoms with Gasteiger partial charge in [-0.15, -0.1) is 0 Å².